The van der Waals surface area contributed by atoms with Crippen LogP contribution in [0.25, 0.3) is 10.9 Å². The molecule has 0 spiro atoms. The van der Waals surface area contributed by atoms with Crippen LogP contribution in [0.4, 0.5) is 11.5 Å². The van der Waals surface area contributed by atoms with Crippen molar-refractivity contribution in [2.45, 2.75) is 25.4 Å². The third kappa shape index (κ3) is 3.86. The second-order valence-corrected chi connectivity index (χ2v) is 7.79. The van der Waals surface area contributed by atoms with Gasteiger partial charge in [-0.3, -0.25) is 9.69 Å². The van der Waals surface area contributed by atoms with E-state index in [1.54, 1.807) is 13.4 Å². The van der Waals surface area contributed by atoms with Crippen molar-refractivity contribution in [3.63, 3.8) is 0 Å². The van der Waals surface area contributed by atoms with E-state index in [0.717, 1.165) is 41.5 Å². The Hall–Kier alpha value is -3.39. The first-order chi connectivity index (χ1) is 15.2. The van der Waals surface area contributed by atoms with Gasteiger partial charge >= 0.3 is 0 Å². The highest BCUT2D eigenvalue weighted by molar-refractivity contribution is 5.93. The minimum atomic E-state index is -0.125. The maximum absolute atomic E-state index is 12.8. The lowest BCUT2D eigenvalue weighted by Gasteiger charge is -2.25. The van der Waals surface area contributed by atoms with Gasteiger partial charge in [-0.15, -0.1) is 0 Å². The fraction of sp³-hybridized carbons (Fsp3) is 0.348. The molecule has 31 heavy (non-hydrogen) atoms. The van der Waals surface area contributed by atoms with Gasteiger partial charge in [-0.1, -0.05) is 18.2 Å². The molecular weight excluding hydrogens is 394 g/mol. The van der Waals surface area contributed by atoms with Gasteiger partial charge in [-0.05, 0) is 37.1 Å². The number of carbonyl (C=O) groups is 1. The van der Waals surface area contributed by atoms with Crippen LogP contribution in [0.15, 0.2) is 42.7 Å². The van der Waals surface area contributed by atoms with Crippen LogP contribution in [0.2, 0.25) is 0 Å². The molecule has 8 heteroatoms. The first-order valence-electron chi connectivity index (χ1n) is 10.5. The van der Waals surface area contributed by atoms with Crippen molar-refractivity contribution in [3.05, 3.63) is 48.3 Å². The smallest absolute Gasteiger partial charge is 0.237 e. The SMILES string of the molecule is COc1cc2ncnc3c2cc1OCCNC(=O)C1CCCN1Cc1ccccc1N3. The molecule has 0 saturated carbocycles. The van der Waals surface area contributed by atoms with Crippen LogP contribution in [-0.4, -0.2) is 53.6 Å². The lowest BCUT2D eigenvalue weighted by molar-refractivity contribution is -0.125. The molecule has 1 unspecified atom stereocenters. The molecule has 8 nitrogen and oxygen atoms in total. The van der Waals surface area contributed by atoms with Gasteiger partial charge < -0.3 is 20.1 Å². The molecule has 1 amide bonds. The number of methoxy groups -OCH3 is 1. The van der Waals surface area contributed by atoms with Gasteiger partial charge in [-0.2, -0.15) is 0 Å². The van der Waals surface area contributed by atoms with Gasteiger partial charge in [-0.25, -0.2) is 9.97 Å². The molecule has 3 heterocycles. The molecular formula is C23H25N5O3. The van der Waals surface area contributed by atoms with Gasteiger partial charge in [0.25, 0.3) is 0 Å². The maximum Gasteiger partial charge on any atom is 0.237 e. The van der Waals surface area contributed by atoms with Crippen molar-refractivity contribution in [1.82, 2.24) is 20.2 Å². The summed E-state index contributed by atoms with van der Waals surface area (Å²) in [6.07, 6.45) is 3.42. The fourth-order valence-corrected chi connectivity index (χ4v) is 4.33. The zero-order valence-corrected chi connectivity index (χ0v) is 17.4. The Balaban J connectivity index is 1.60. The predicted octanol–water partition coefficient (Wildman–Crippen LogP) is 2.86. The highest BCUT2D eigenvalue weighted by atomic mass is 16.5. The number of nitrogens with zero attached hydrogens (tertiary/aromatic N) is 3. The molecule has 2 bridgehead atoms. The lowest BCUT2D eigenvalue weighted by Crippen LogP contribution is -2.44. The third-order valence-corrected chi connectivity index (χ3v) is 5.89. The van der Waals surface area contributed by atoms with E-state index in [4.69, 9.17) is 9.47 Å². The number of anilines is 2. The van der Waals surface area contributed by atoms with E-state index in [0.29, 0.717) is 37.0 Å². The Labute approximate surface area is 180 Å². The van der Waals surface area contributed by atoms with Crippen LogP contribution in [0, 0.1) is 0 Å². The summed E-state index contributed by atoms with van der Waals surface area (Å²) >= 11 is 0. The predicted molar refractivity (Wildman–Crippen MR) is 118 cm³/mol. The van der Waals surface area contributed by atoms with Crippen LogP contribution < -0.4 is 20.1 Å². The van der Waals surface area contributed by atoms with Gasteiger partial charge in [0, 0.05) is 23.7 Å². The van der Waals surface area contributed by atoms with Gasteiger partial charge in [0.05, 0.1) is 25.2 Å². The largest absolute Gasteiger partial charge is 0.493 e. The van der Waals surface area contributed by atoms with Crippen LogP contribution in [0.5, 0.6) is 11.5 Å². The number of rotatable bonds is 1. The average molecular weight is 419 g/mol. The zero-order chi connectivity index (χ0) is 21.2. The Morgan fingerprint density at radius 1 is 1.23 bits per heavy atom. The molecule has 5 rings (SSSR count). The highest BCUT2D eigenvalue weighted by Crippen LogP contribution is 2.35. The van der Waals surface area contributed by atoms with Gasteiger partial charge in [0.2, 0.25) is 5.91 Å². The molecule has 2 aliphatic rings. The Kier molecular flexibility index (Phi) is 5.30. The normalized spacial score (nSPS) is 19.4. The number of hydrogen-bond donors (Lipinski definition) is 2. The molecule has 1 atom stereocenters. The van der Waals surface area contributed by atoms with Crippen LogP contribution in [0.1, 0.15) is 18.4 Å². The number of carbonyl (C=O) groups excluding carboxylic acids is 1. The number of para-hydroxylation sites is 1. The average Bonchev–Trinajstić information content (AvgIpc) is 3.25. The molecule has 0 aliphatic carbocycles. The van der Waals surface area contributed by atoms with E-state index in [1.165, 1.54) is 0 Å². The number of amides is 1. The molecule has 2 aliphatic heterocycles. The van der Waals surface area contributed by atoms with E-state index in [2.05, 4.69) is 31.6 Å². The van der Waals surface area contributed by atoms with Crippen molar-refractivity contribution in [2.24, 2.45) is 0 Å². The standard InChI is InChI=1S/C23H25N5O3/c1-30-20-12-18-16-11-21(20)31-10-8-24-23(29)19-7-4-9-28(19)13-15-5-2-3-6-17(15)27-22(16)26-14-25-18/h2-3,5-6,11-12,14,19H,4,7-10,13H2,1H3,(H,24,29)(H,25,26,27). The summed E-state index contributed by atoms with van der Waals surface area (Å²) in [6.45, 7) is 2.37. The lowest BCUT2D eigenvalue weighted by atomic mass is 10.1. The Bertz CT molecular complexity index is 1120. The second-order valence-electron chi connectivity index (χ2n) is 7.79. The summed E-state index contributed by atoms with van der Waals surface area (Å²) in [5.74, 6) is 1.94. The van der Waals surface area contributed by atoms with E-state index < -0.39 is 0 Å². The molecule has 0 radical (unpaired) electrons. The number of aromatic nitrogens is 2. The second kappa shape index (κ2) is 8.39. The summed E-state index contributed by atoms with van der Waals surface area (Å²) in [5, 5.41) is 7.35. The van der Waals surface area contributed by atoms with Crippen molar-refractivity contribution < 1.29 is 14.3 Å². The van der Waals surface area contributed by atoms with E-state index >= 15 is 0 Å². The summed E-state index contributed by atoms with van der Waals surface area (Å²) in [7, 11) is 1.60. The quantitative estimate of drug-likeness (QED) is 0.627. The van der Waals surface area contributed by atoms with Gasteiger partial charge in [0.1, 0.15) is 18.8 Å². The minimum Gasteiger partial charge on any atom is -0.493 e. The highest BCUT2D eigenvalue weighted by Gasteiger charge is 2.31. The molecule has 1 aromatic heterocycles. The number of nitrogens with one attached hydrogen (secondary N) is 2. The third-order valence-electron chi connectivity index (χ3n) is 5.89. The molecule has 2 aromatic carbocycles. The van der Waals surface area contributed by atoms with E-state index in [-0.39, 0.29) is 11.9 Å². The summed E-state index contributed by atoms with van der Waals surface area (Å²) < 4.78 is 11.5. The summed E-state index contributed by atoms with van der Waals surface area (Å²) in [6, 6.07) is 11.8. The molecule has 3 aromatic rings. The minimum absolute atomic E-state index is 0.0537. The van der Waals surface area contributed by atoms with Crippen LogP contribution >= 0.6 is 0 Å². The van der Waals surface area contributed by atoms with E-state index in [1.807, 2.05) is 30.3 Å². The van der Waals surface area contributed by atoms with Crippen LogP contribution in [0.3, 0.4) is 0 Å². The molecule has 1 fully saturated rings. The van der Waals surface area contributed by atoms with Crippen molar-refractivity contribution >= 4 is 28.3 Å². The zero-order valence-electron chi connectivity index (χ0n) is 17.4. The van der Waals surface area contributed by atoms with Crippen molar-refractivity contribution in [2.75, 3.05) is 32.1 Å². The molecule has 1 saturated heterocycles. The van der Waals surface area contributed by atoms with Crippen molar-refractivity contribution in [3.8, 4) is 11.5 Å². The summed E-state index contributed by atoms with van der Waals surface area (Å²) in [4.78, 5) is 23.9. The van der Waals surface area contributed by atoms with Gasteiger partial charge in [0.15, 0.2) is 11.5 Å². The Morgan fingerprint density at radius 2 is 2.13 bits per heavy atom. The monoisotopic (exact) mass is 419 g/mol. The van der Waals surface area contributed by atoms with E-state index in [9.17, 15) is 4.79 Å². The number of hydrogen-bond acceptors (Lipinski definition) is 7. The number of fused-ring (bicyclic) bond motifs is 3. The Morgan fingerprint density at radius 3 is 3.03 bits per heavy atom. The molecule has 2 N–H and O–H groups in total. The van der Waals surface area contributed by atoms with Crippen LogP contribution in [-0.2, 0) is 11.3 Å². The number of benzene rings is 2. The first-order valence-corrected chi connectivity index (χ1v) is 10.5. The topological polar surface area (TPSA) is 88.6 Å². The van der Waals surface area contributed by atoms with Crippen molar-refractivity contribution in [1.29, 1.82) is 0 Å². The summed E-state index contributed by atoms with van der Waals surface area (Å²) in [5.41, 5.74) is 2.84. The molecule has 160 valence electrons. The maximum atomic E-state index is 12.8. The fourth-order valence-electron chi connectivity index (χ4n) is 4.33. The first kappa shape index (κ1) is 19.6. The number of ether oxygens (including phenoxy) is 2.